The quantitative estimate of drug-likeness (QED) is 0.0655. The first-order valence-electron chi connectivity index (χ1n) is 14.0. The van der Waals surface area contributed by atoms with E-state index in [0.29, 0.717) is 0 Å². The molecule has 0 aliphatic carbocycles. The Labute approximate surface area is 488 Å². The molecule has 0 aliphatic rings. The average molecular weight is 1980 g/mol. The van der Waals surface area contributed by atoms with Crippen LogP contribution in [0.15, 0.2) is 0 Å². The van der Waals surface area contributed by atoms with Crippen LogP contribution in [0.3, 0.4) is 0 Å². The van der Waals surface area contributed by atoms with Gasteiger partial charge in [0.25, 0.3) is 0 Å². The molecular formula is H62P62. The standard InChI is InChI=1S/H62P62/c1-33(2)49(34(3)4)57(50(35(5)6)36(7)8)61(58(51(37(9)10)38(11)12)52(39(13)14)40(15)16)62(59(53(41(17)18)42(19)20)54(43(21)22)44(23)24)60(55(45(25)26)46(27)28)56(47(29)30)48(31)32/h1-2H,3-32H2. The van der Waals surface area contributed by atoms with Crippen LogP contribution in [-0.2, 0) is 0 Å². The maximum absolute atomic E-state index is 4.64. The Morgan fingerprint density at radius 1 is 0.129 bits per heavy atom. The lowest BCUT2D eigenvalue weighted by Gasteiger charge is -2.60. The maximum Gasteiger partial charge on any atom is -0.0000101 e. The third kappa shape index (κ3) is 31.2. The van der Waals surface area contributed by atoms with Crippen molar-refractivity contribution in [1.82, 2.24) is 0 Å². The second-order valence-corrected chi connectivity index (χ2v) is 264. The Balaban J connectivity index is 10.9. The highest BCUT2D eigenvalue weighted by Crippen LogP contribution is 3.49. The lowest BCUT2D eigenvalue weighted by Crippen LogP contribution is -1.73. The van der Waals surface area contributed by atoms with Crippen LogP contribution in [0, 0.1) is 0 Å². The molecule has 62 heavy (non-hydrogen) atoms. The number of hydrogen-bond donors (Lipinski definition) is 0. The Morgan fingerprint density at radius 2 is 0.210 bits per heavy atom. The summed E-state index contributed by atoms with van der Waals surface area (Å²) in [5.41, 5.74) is 0. The van der Waals surface area contributed by atoms with Gasteiger partial charge in [0.15, 0.2) is 0 Å². The summed E-state index contributed by atoms with van der Waals surface area (Å²) in [6.07, 6.45) is 0. The van der Waals surface area contributed by atoms with E-state index in [1.54, 1.807) is 0 Å². The Kier molecular flexibility index (Phi) is 69.2. The van der Waals surface area contributed by atoms with Gasteiger partial charge in [0.05, 0.1) is 0 Å². The predicted molar refractivity (Wildman–Crippen MR) is 516 cm³/mol. The molecule has 33 atom stereocenters. The summed E-state index contributed by atoms with van der Waals surface area (Å²) in [5.74, 6) is 0. The van der Waals surface area contributed by atoms with Crippen LogP contribution in [0.5, 0.6) is 0 Å². The molecule has 0 aromatic carbocycles. The van der Waals surface area contributed by atoms with Crippen molar-refractivity contribution in [3.8, 4) is 0 Å². The fourth-order valence-corrected chi connectivity index (χ4v) is 897. The smallest absolute Gasteiger partial charge is 0.0000101 e. The van der Waals surface area contributed by atoms with Gasteiger partial charge >= 0.3 is 0 Å². The highest BCUT2D eigenvalue weighted by molar-refractivity contribution is 9.55. The van der Waals surface area contributed by atoms with Gasteiger partial charge in [-0.3, -0.25) is 0 Å². The molecule has 372 valence electrons. The topological polar surface area (TPSA) is 0 Å². The molecule has 0 fully saturated rings. The molecule has 0 nitrogen and oxygen atoms in total. The van der Waals surface area contributed by atoms with E-state index < -0.39 is 6.99 Å². The maximum atomic E-state index is 4.64. The first kappa shape index (κ1) is 88.7. The van der Waals surface area contributed by atoms with Gasteiger partial charge in [-0.25, -0.2) is 0 Å². The molecular weight excluding hydrogens is 1920 g/mol. The van der Waals surface area contributed by atoms with Crippen molar-refractivity contribution in [2.24, 2.45) is 0 Å². The van der Waals surface area contributed by atoms with Gasteiger partial charge in [-0.15, -0.1) is 268 Å². The molecule has 0 saturated heterocycles. The van der Waals surface area contributed by atoms with Crippen molar-refractivity contribution in [2.75, 3.05) is 0 Å². The van der Waals surface area contributed by atoms with Gasteiger partial charge in [0, 0.05) is 0 Å². The van der Waals surface area contributed by atoms with E-state index in [1.165, 1.54) is 0 Å². The summed E-state index contributed by atoms with van der Waals surface area (Å²) in [6.45, 7) is -8.25. The van der Waals surface area contributed by atoms with Crippen molar-refractivity contribution >= 4 is 495 Å². The first-order valence-corrected chi connectivity index (χ1v) is 126. The Bertz CT molecular complexity index is 815. The molecule has 0 rings (SSSR count). The van der Waals surface area contributed by atoms with Crippen molar-refractivity contribution in [3.05, 3.63) is 0 Å². The highest BCUT2D eigenvalue weighted by Gasteiger charge is 2.61. The highest BCUT2D eigenvalue weighted by atomic mass is 33.6. The third-order valence-corrected chi connectivity index (χ3v) is 434. The minimum absolute atomic E-state index is 0.221. The van der Waals surface area contributed by atoms with Crippen LogP contribution in [0.1, 0.15) is 0 Å². The van der Waals surface area contributed by atoms with Gasteiger partial charge in [0.2, 0.25) is 0 Å². The van der Waals surface area contributed by atoms with Crippen molar-refractivity contribution in [2.45, 2.75) is 0 Å². The van der Waals surface area contributed by atoms with Crippen molar-refractivity contribution < 1.29 is 0 Å². The molecule has 0 saturated carbocycles. The first-order chi connectivity index (χ1) is 28.1. The largest absolute Gasteiger partial charge is 0.102 e. The van der Waals surface area contributed by atoms with E-state index in [-0.39, 0.29) is 203 Å². The molecule has 0 heterocycles. The molecule has 0 bridgehead atoms. The Morgan fingerprint density at radius 3 is 0.290 bits per heavy atom. The average Bonchev–Trinajstić information content (AvgIpc) is 3.03. The molecule has 2 radical (unpaired) electrons. The molecule has 0 aromatic heterocycles. The van der Waals surface area contributed by atoms with Gasteiger partial charge < -0.3 is 0 Å². The summed E-state index contributed by atoms with van der Waals surface area (Å²) >= 11 is 0. The van der Waals surface area contributed by atoms with E-state index in [0.717, 1.165) is 0 Å². The van der Waals surface area contributed by atoms with Crippen LogP contribution < -0.4 is 0 Å². The lowest BCUT2D eigenvalue weighted by molar-refractivity contribution is 4.33. The fraction of sp³-hybridized carbons (Fsp3) is 0. The summed E-state index contributed by atoms with van der Waals surface area (Å²) < 4.78 is 0. The minimum atomic E-state index is -0.481. The van der Waals surface area contributed by atoms with E-state index in [9.17, 15) is 0 Å². The molecule has 0 aliphatic heterocycles. The van der Waals surface area contributed by atoms with Gasteiger partial charge in [-0.2, -0.15) is 0 Å². The minimum Gasteiger partial charge on any atom is -0.102 e. The van der Waals surface area contributed by atoms with Crippen LogP contribution >= 0.6 is 495 Å². The summed E-state index contributed by atoms with van der Waals surface area (Å²) in [6, 6.07) is 0. The second kappa shape index (κ2) is 48.4. The monoisotopic (exact) mass is 1980 g/mol. The van der Waals surface area contributed by atoms with Crippen LogP contribution in [-0.4, -0.2) is 0 Å². The Hall–Kier alpha value is 26.7. The van der Waals surface area contributed by atoms with Gasteiger partial charge in [-0.1, -0.05) is 17.9 Å². The van der Waals surface area contributed by atoms with Gasteiger partial charge in [0.1, 0.15) is 0 Å². The van der Waals surface area contributed by atoms with Crippen molar-refractivity contribution in [1.29, 1.82) is 0 Å². The van der Waals surface area contributed by atoms with E-state index in [1.807, 2.05) is 0 Å². The summed E-state index contributed by atoms with van der Waals surface area (Å²) in [7, 11) is 116. The summed E-state index contributed by atoms with van der Waals surface area (Å²) in [5, 5.41) is 0. The predicted octanol–water partition coefficient (Wildman–Crippen LogP) is 36.8. The SMILES string of the molecule is [PH]P([PH])P(P(P)P)P(P(P(P)P)P(P)P)P(P(P(P(P)P)P(P)P)P(P(P)P)P(P)P)P(P(P(P(P)P)P(P)P)P(P(P)P)P(P)P)P(P(P(P)P)P(P)P)P(P(P)P)P(P)P. The molecule has 33 unspecified atom stereocenters. The second-order valence-electron chi connectivity index (χ2n) is 9.77. The number of hydrogen-bond acceptors (Lipinski definition) is 0. The number of rotatable bonds is 29. The van der Waals surface area contributed by atoms with Crippen LogP contribution in [0.25, 0.3) is 0 Å². The molecule has 62 heteroatoms. The molecule has 0 aromatic rings. The van der Waals surface area contributed by atoms with Crippen LogP contribution in [0.2, 0.25) is 0 Å². The van der Waals surface area contributed by atoms with Gasteiger partial charge in [-0.05, 0) is 210 Å². The zero-order valence-electron chi connectivity index (χ0n) is 31.7. The normalized spacial score (nSPS) is 14.6. The lowest BCUT2D eigenvalue weighted by atomic mass is 28.4. The molecule has 0 amide bonds. The van der Waals surface area contributed by atoms with E-state index in [4.69, 9.17) is 0 Å². The fourth-order valence-electron chi connectivity index (χ4n) is 3.69. The van der Waals surface area contributed by atoms with Crippen LogP contribution in [0.4, 0.5) is 0 Å². The van der Waals surface area contributed by atoms with E-state index in [2.05, 4.69) is 286 Å². The molecule has 0 N–H and O–H groups in total. The zero-order valence-corrected chi connectivity index (χ0v) is 95.2. The summed E-state index contributed by atoms with van der Waals surface area (Å²) in [4.78, 5) is 0. The zero-order chi connectivity index (χ0) is 49.3. The van der Waals surface area contributed by atoms with E-state index >= 15 is 0 Å². The molecule has 0 spiro atoms. The van der Waals surface area contributed by atoms with Crippen molar-refractivity contribution in [3.63, 3.8) is 0 Å². The third-order valence-electron chi connectivity index (χ3n) is 5.36.